The summed E-state index contributed by atoms with van der Waals surface area (Å²) in [5.74, 6) is 0.152. The van der Waals surface area contributed by atoms with Gasteiger partial charge in [0, 0.05) is 6.54 Å². The van der Waals surface area contributed by atoms with Gasteiger partial charge >= 0.3 is 0 Å². The fourth-order valence-electron chi connectivity index (χ4n) is 2.38. The van der Waals surface area contributed by atoms with Crippen LogP contribution in [0.15, 0.2) is 42.5 Å². The molecule has 0 radical (unpaired) electrons. The van der Waals surface area contributed by atoms with E-state index in [0.29, 0.717) is 24.5 Å². The van der Waals surface area contributed by atoms with Crippen molar-refractivity contribution in [2.75, 3.05) is 5.73 Å². The highest BCUT2D eigenvalue weighted by Crippen LogP contribution is 2.20. The second-order valence-electron chi connectivity index (χ2n) is 4.82. The third kappa shape index (κ3) is 2.56. The van der Waals surface area contributed by atoms with Crippen molar-refractivity contribution in [2.24, 2.45) is 0 Å². The lowest BCUT2D eigenvalue weighted by Gasteiger charge is -2.07. The number of benzene rings is 2. The van der Waals surface area contributed by atoms with Gasteiger partial charge in [0.15, 0.2) is 0 Å². The van der Waals surface area contributed by atoms with Gasteiger partial charge < -0.3 is 10.3 Å². The molecule has 0 unspecified atom stereocenters. The Morgan fingerprint density at radius 1 is 1.24 bits per heavy atom. The number of fused-ring (bicyclic) bond motifs is 1. The quantitative estimate of drug-likeness (QED) is 0.802. The number of aryl methyl sites for hydroxylation is 2. The molecule has 1 aromatic heterocycles. The number of hydrogen-bond donors (Lipinski definition) is 1. The van der Waals surface area contributed by atoms with Crippen molar-refractivity contribution in [3.05, 3.63) is 59.4 Å². The zero-order valence-electron chi connectivity index (χ0n) is 11.3. The molecule has 0 aliphatic rings. The Morgan fingerprint density at radius 3 is 2.86 bits per heavy atom. The number of nitrogens with zero attached hydrogens (tertiary/aromatic N) is 3. The second kappa shape index (κ2) is 5.25. The number of hydrogen-bond acceptors (Lipinski definition) is 3. The van der Waals surface area contributed by atoms with E-state index in [1.54, 1.807) is 24.3 Å². The Morgan fingerprint density at radius 2 is 2.10 bits per heavy atom. The molecule has 0 bridgehead atoms. The van der Waals surface area contributed by atoms with Gasteiger partial charge in [0.2, 0.25) is 5.95 Å². The van der Waals surface area contributed by atoms with E-state index in [9.17, 15) is 4.39 Å². The molecule has 0 spiro atoms. The van der Waals surface area contributed by atoms with Crippen molar-refractivity contribution in [3.63, 3.8) is 0 Å². The minimum Gasteiger partial charge on any atom is -0.369 e. The van der Waals surface area contributed by atoms with Crippen molar-refractivity contribution in [2.45, 2.75) is 13.0 Å². The van der Waals surface area contributed by atoms with Crippen LogP contribution in [0.2, 0.25) is 0 Å². The van der Waals surface area contributed by atoms with Gasteiger partial charge in [-0.1, -0.05) is 12.1 Å². The topological polar surface area (TPSA) is 67.6 Å². The number of nitrogens with two attached hydrogens (primary N) is 1. The van der Waals surface area contributed by atoms with Gasteiger partial charge in [-0.05, 0) is 42.3 Å². The van der Waals surface area contributed by atoms with Crippen molar-refractivity contribution in [3.8, 4) is 6.07 Å². The molecule has 0 saturated carbocycles. The van der Waals surface area contributed by atoms with E-state index in [-0.39, 0.29) is 5.82 Å². The standard InChI is InChI=1S/C16H13FN4/c17-13-3-1-2-11(8-13)6-7-21-15-9-12(10-18)4-5-14(15)20-16(21)19/h1-5,8-9H,6-7H2,(H2,19,20). The lowest BCUT2D eigenvalue weighted by Crippen LogP contribution is -2.06. The average Bonchev–Trinajstić information content (AvgIpc) is 2.79. The maximum Gasteiger partial charge on any atom is 0.201 e. The van der Waals surface area contributed by atoms with Crippen molar-refractivity contribution >= 4 is 17.0 Å². The van der Waals surface area contributed by atoms with Crippen LogP contribution in [0.3, 0.4) is 0 Å². The van der Waals surface area contributed by atoms with Gasteiger partial charge in [0.1, 0.15) is 5.82 Å². The highest BCUT2D eigenvalue weighted by Gasteiger charge is 2.09. The van der Waals surface area contributed by atoms with Gasteiger partial charge in [-0.3, -0.25) is 0 Å². The Kier molecular flexibility index (Phi) is 3.28. The fourth-order valence-corrected chi connectivity index (χ4v) is 2.38. The molecule has 2 aromatic carbocycles. The summed E-state index contributed by atoms with van der Waals surface area (Å²) in [6.45, 7) is 0.584. The molecule has 3 rings (SSSR count). The van der Waals surface area contributed by atoms with E-state index in [0.717, 1.165) is 16.6 Å². The molecule has 5 heteroatoms. The summed E-state index contributed by atoms with van der Waals surface area (Å²) in [5, 5.41) is 8.98. The molecule has 0 fully saturated rings. The Bertz CT molecular complexity index is 845. The van der Waals surface area contributed by atoms with Crippen LogP contribution in [-0.2, 0) is 13.0 Å². The zero-order valence-corrected chi connectivity index (χ0v) is 11.3. The Balaban J connectivity index is 1.93. The minimum atomic E-state index is -0.247. The third-order valence-electron chi connectivity index (χ3n) is 3.42. The summed E-state index contributed by atoms with van der Waals surface area (Å²) in [4.78, 5) is 4.28. The predicted molar refractivity (Wildman–Crippen MR) is 79.0 cm³/mol. The van der Waals surface area contributed by atoms with Gasteiger partial charge in [0.25, 0.3) is 0 Å². The van der Waals surface area contributed by atoms with Crippen LogP contribution in [0.5, 0.6) is 0 Å². The van der Waals surface area contributed by atoms with Gasteiger partial charge in [-0.2, -0.15) is 5.26 Å². The molecule has 3 aromatic rings. The lowest BCUT2D eigenvalue weighted by molar-refractivity contribution is 0.623. The molecule has 0 saturated heterocycles. The summed E-state index contributed by atoms with van der Waals surface area (Å²) in [6, 6.07) is 13.9. The number of aromatic nitrogens is 2. The minimum absolute atomic E-state index is 0.247. The summed E-state index contributed by atoms with van der Waals surface area (Å²) < 4.78 is 15.0. The van der Waals surface area contributed by atoms with Crippen LogP contribution in [0, 0.1) is 17.1 Å². The molecule has 0 amide bonds. The van der Waals surface area contributed by atoms with E-state index in [1.165, 1.54) is 12.1 Å². The number of anilines is 1. The SMILES string of the molecule is N#Cc1ccc2nc(N)n(CCc3cccc(F)c3)c2c1. The van der Waals surface area contributed by atoms with E-state index >= 15 is 0 Å². The van der Waals surface area contributed by atoms with E-state index in [4.69, 9.17) is 11.0 Å². The van der Waals surface area contributed by atoms with Crippen LogP contribution in [0.1, 0.15) is 11.1 Å². The highest BCUT2D eigenvalue weighted by atomic mass is 19.1. The first kappa shape index (κ1) is 13.1. The molecule has 1 heterocycles. The highest BCUT2D eigenvalue weighted by molar-refractivity contribution is 5.79. The van der Waals surface area contributed by atoms with Crippen LogP contribution < -0.4 is 5.73 Å². The Hall–Kier alpha value is -2.87. The molecular formula is C16H13FN4. The molecule has 2 N–H and O–H groups in total. The molecule has 0 aliphatic heterocycles. The van der Waals surface area contributed by atoms with Crippen molar-refractivity contribution < 1.29 is 4.39 Å². The number of nitriles is 1. The van der Waals surface area contributed by atoms with Gasteiger partial charge in [-0.15, -0.1) is 0 Å². The zero-order chi connectivity index (χ0) is 14.8. The van der Waals surface area contributed by atoms with Crippen LogP contribution in [0.25, 0.3) is 11.0 Å². The first-order chi connectivity index (χ1) is 10.2. The largest absolute Gasteiger partial charge is 0.369 e. The van der Waals surface area contributed by atoms with Crippen LogP contribution in [-0.4, -0.2) is 9.55 Å². The molecule has 104 valence electrons. The number of nitrogen functional groups attached to an aromatic ring is 1. The first-order valence-electron chi connectivity index (χ1n) is 6.57. The van der Waals surface area contributed by atoms with Gasteiger partial charge in [-0.25, -0.2) is 9.37 Å². The summed E-state index contributed by atoms with van der Waals surface area (Å²) in [6.07, 6.45) is 0.643. The van der Waals surface area contributed by atoms with Crippen molar-refractivity contribution in [1.29, 1.82) is 5.26 Å². The Labute approximate surface area is 121 Å². The van der Waals surface area contributed by atoms with E-state index < -0.39 is 0 Å². The first-order valence-corrected chi connectivity index (χ1v) is 6.57. The lowest BCUT2D eigenvalue weighted by atomic mass is 10.1. The third-order valence-corrected chi connectivity index (χ3v) is 3.42. The number of halogens is 1. The maximum atomic E-state index is 13.2. The molecular weight excluding hydrogens is 267 g/mol. The van der Waals surface area contributed by atoms with Crippen LogP contribution >= 0.6 is 0 Å². The van der Waals surface area contributed by atoms with Crippen molar-refractivity contribution in [1.82, 2.24) is 9.55 Å². The molecule has 0 atom stereocenters. The normalized spacial score (nSPS) is 10.7. The fraction of sp³-hybridized carbons (Fsp3) is 0.125. The summed E-state index contributed by atoms with van der Waals surface area (Å²) in [7, 11) is 0. The summed E-state index contributed by atoms with van der Waals surface area (Å²) >= 11 is 0. The van der Waals surface area contributed by atoms with E-state index in [1.807, 2.05) is 10.6 Å². The second-order valence-corrected chi connectivity index (χ2v) is 4.82. The molecule has 0 aliphatic carbocycles. The maximum absolute atomic E-state index is 13.2. The molecule has 21 heavy (non-hydrogen) atoms. The number of imidazole rings is 1. The average molecular weight is 280 g/mol. The molecule has 4 nitrogen and oxygen atoms in total. The number of rotatable bonds is 3. The summed E-state index contributed by atoms with van der Waals surface area (Å²) in [5.41, 5.74) is 8.97. The predicted octanol–water partition coefficient (Wildman–Crippen LogP) is 2.87. The van der Waals surface area contributed by atoms with Gasteiger partial charge in [0.05, 0.1) is 22.7 Å². The van der Waals surface area contributed by atoms with Crippen LogP contribution in [0.4, 0.5) is 10.3 Å². The van der Waals surface area contributed by atoms with E-state index in [2.05, 4.69) is 11.1 Å². The smallest absolute Gasteiger partial charge is 0.201 e. The monoisotopic (exact) mass is 280 g/mol.